The molecule has 0 bridgehead atoms. The quantitative estimate of drug-likeness (QED) is 0.490. The summed E-state index contributed by atoms with van der Waals surface area (Å²) < 4.78 is 34.5. The third kappa shape index (κ3) is 3.74. The van der Waals surface area contributed by atoms with Gasteiger partial charge in [-0.2, -0.15) is 0 Å². The molecule has 1 amide bonds. The normalized spacial score (nSPS) is 11.5. The fourth-order valence-corrected chi connectivity index (χ4v) is 5.28. The van der Waals surface area contributed by atoms with Crippen molar-refractivity contribution in [2.45, 2.75) is 11.8 Å². The van der Waals surface area contributed by atoms with Crippen LogP contribution in [0.1, 0.15) is 15.2 Å². The minimum absolute atomic E-state index is 0.0517. The predicted octanol–water partition coefficient (Wildman–Crippen LogP) is 3.55. The molecule has 4 aromatic rings. The Balaban J connectivity index is 1.60. The number of aromatic nitrogens is 1. The molecular formula is C20H17N3O5S2. The average Bonchev–Trinajstić information content (AvgIpc) is 3.30. The minimum Gasteiger partial charge on any atom is -0.408 e. The number of hydrogen-bond donors (Lipinski definition) is 2. The minimum atomic E-state index is -3.95. The first kappa shape index (κ1) is 19.9. The van der Waals surface area contributed by atoms with E-state index < -0.39 is 21.7 Å². The number of nitrogens with one attached hydrogen (secondary N) is 2. The number of oxazole rings is 1. The summed E-state index contributed by atoms with van der Waals surface area (Å²) in [4.78, 5) is 24.3. The zero-order chi connectivity index (χ0) is 21.5. The van der Waals surface area contributed by atoms with Crippen molar-refractivity contribution in [3.05, 3.63) is 74.9 Å². The van der Waals surface area contributed by atoms with Gasteiger partial charge in [0.05, 0.1) is 5.52 Å². The Bertz CT molecular complexity index is 1410. The molecule has 8 nitrogen and oxygen atoms in total. The number of rotatable bonds is 5. The van der Waals surface area contributed by atoms with Gasteiger partial charge in [-0.3, -0.25) is 14.1 Å². The number of sulfonamides is 1. The summed E-state index contributed by atoms with van der Waals surface area (Å²) in [6, 6.07) is 13.0. The molecule has 154 valence electrons. The molecule has 2 N–H and O–H groups in total. The number of carbonyl (C=O) groups excluding carboxylic acids is 1. The van der Waals surface area contributed by atoms with E-state index in [-0.39, 0.29) is 9.77 Å². The van der Waals surface area contributed by atoms with Crippen LogP contribution in [0.4, 0.5) is 11.4 Å². The number of nitrogens with zero attached hydrogens (tertiary/aromatic N) is 1. The van der Waals surface area contributed by atoms with E-state index in [2.05, 4.69) is 10.0 Å². The molecule has 2 aromatic carbocycles. The zero-order valence-corrected chi connectivity index (χ0v) is 17.6. The fraction of sp³-hybridized carbons (Fsp3) is 0.100. The molecule has 0 aliphatic rings. The topological polar surface area (TPSA) is 110 Å². The maximum absolute atomic E-state index is 12.8. The molecule has 0 radical (unpaired) electrons. The van der Waals surface area contributed by atoms with Crippen molar-refractivity contribution in [1.29, 1.82) is 0 Å². The van der Waals surface area contributed by atoms with Crippen LogP contribution in [0.3, 0.4) is 0 Å². The summed E-state index contributed by atoms with van der Waals surface area (Å²) in [6.07, 6.45) is 0. The second-order valence-electron chi connectivity index (χ2n) is 6.65. The lowest BCUT2D eigenvalue weighted by Crippen LogP contribution is -2.18. The van der Waals surface area contributed by atoms with Gasteiger partial charge >= 0.3 is 5.76 Å². The van der Waals surface area contributed by atoms with Crippen LogP contribution in [-0.4, -0.2) is 18.9 Å². The van der Waals surface area contributed by atoms with Crippen LogP contribution in [-0.2, 0) is 17.1 Å². The van der Waals surface area contributed by atoms with E-state index in [1.54, 1.807) is 54.9 Å². The highest BCUT2D eigenvalue weighted by molar-refractivity contribution is 7.93. The molecule has 10 heteroatoms. The molecule has 0 fully saturated rings. The lowest BCUT2D eigenvalue weighted by Gasteiger charge is -2.10. The van der Waals surface area contributed by atoms with Crippen LogP contribution in [0.25, 0.3) is 11.1 Å². The Morgan fingerprint density at radius 2 is 1.77 bits per heavy atom. The molecule has 0 aliphatic heterocycles. The van der Waals surface area contributed by atoms with Gasteiger partial charge < -0.3 is 9.73 Å². The number of hydrogen-bond acceptors (Lipinski definition) is 6. The Labute approximate surface area is 175 Å². The van der Waals surface area contributed by atoms with Crippen LogP contribution in [0.15, 0.2) is 68.0 Å². The summed E-state index contributed by atoms with van der Waals surface area (Å²) in [5, 5.41) is 4.22. The van der Waals surface area contributed by atoms with Gasteiger partial charge in [0.2, 0.25) is 0 Å². The van der Waals surface area contributed by atoms with Crippen LogP contribution in [0.5, 0.6) is 0 Å². The lowest BCUT2D eigenvalue weighted by molar-refractivity contribution is 0.102. The van der Waals surface area contributed by atoms with E-state index in [1.807, 2.05) is 6.92 Å². The number of benzene rings is 2. The van der Waals surface area contributed by atoms with Crippen molar-refractivity contribution in [2.75, 3.05) is 10.0 Å². The first-order valence-electron chi connectivity index (χ1n) is 8.82. The second-order valence-corrected chi connectivity index (χ2v) is 9.22. The van der Waals surface area contributed by atoms with Crippen molar-refractivity contribution in [3.8, 4) is 0 Å². The number of amides is 1. The Hall–Kier alpha value is -3.37. The average molecular weight is 444 g/mol. The van der Waals surface area contributed by atoms with Crippen LogP contribution in [0.2, 0.25) is 0 Å². The summed E-state index contributed by atoms with van der Waals surface area (Å²) in [6.45, 7) is 1.90. The summed E-state index contributed by atoms with van der Waals surface area (Å²) in [5.41, 5.74) is 2.72. The number of thiophene rings is 1. The van der Waals surface area contributed by atoms with Gasteiger partial charge in [0, 0.05) is 18.4 Å². The molecule has 2 aromatic heterocycles. The largest absolute Gasteiger partial charge is 0.419 e. The zero-order valence-electron chi connectivity index (χ0n) is 16.0. The van der Waals surface area contributed by atoms with Gasteiger partial charge in [0.25, 0.3) is 15.9 Å². The van der Waals surface area contributed by atoms with Crippen molar-refractivity contribution in [1.82, 2.24) is 4.57 Å². The standard InChI is InChI=1S/C20H17N3O5S2/c1-12-3-5-13(6-4-12)22-30(26,27)17-9-10-29-18(17)19(24)21-14-7-8-16-15(11-14)23(2)20(25)28-16/h3-11,22H,1-2H3,(H,21,24). The van der Waals surface area contributed by atoms with Crippen LogP contribution < -0.4 is 15.8 Å². The van der Waals surface area contributed by atoms with E-state index in [9.17, 15) is 18.0 Å². The summed E-state index contributed by atoms with van der Waals surface area (Å²) >= 11 is 1.02. The maximum atomic E-state index is 12.8. The van der Waals surface area contributed by atoms with Gasteiger partial charge in [-0.25, -0.2) is 13.2 Å². The maximum Gasteiger partial charge on any atom is 0.419 e. The number of anilines is 2. The first-order chi connectivity index (χ1) is 14.2. The monoisotopic (exact) mass is 443 g/mol. The highest BCUT2D eigenvalue weighted by Gasteiger charge is 2.24. The third-order valence-corrected chi connectivity index (χ3v) is 6.94. The highest BCUT2D eigenvalue weighted by Crippen LogP contribution is 2.26. The SMILES string of the molecule is Cc1ccc(NS(=O)(=O)c2ccsc2C(=O)Nc2ccc3oc(=O)n(C)c3c2)cc1. The molecule has 0 spiro atoms. The fourth-order valence-electron chi connectivity index (χ4n) is 2.90. The van der Waals surface area contributed by atoms with Crippen molar-refractivity contribution >= 4 is 49.7 Å². The molecule has 4 rings (SSSR count). The molecule has 0 saturated heterocycles. The van der Waals surface area contributed by atoms with Crippen LogP contribution in [0, 0.1) is 6.92 Å². The summed E-state index contributed by atoms with van der Waals surface area (Å²) in [7, 11) is -2.39. The number of aryl methyl sites for hydroxylation is 2. The molecular weight excluding hydrogens is 426 g/mol. The Morgan fingerprint density at radius 3 is 2.50 bits per heavy atom. The predicted molar refractivity (Wildman–Crippen MR) is 116 cm³/mol. The molecule has 0 unspecified atom stereocenters. The van der Waals surface area contributed by atoms with Gasteiger partial charge in [0.15, 0.2) is 5.58 Å². The van der Waals surface area contributed by atoms with Crippen LogP contribution >= 0.6 is 11.3 Å². The lowest BCUT2D eigenvalue weighted by atomic mass is 10.2. The molecule has 0 aliphatic carbocycles. The van der Waals surface area contributed by atoms with Gasteiger partial charge in [0.1, 0.15) is 9.77 Å². The second kappa shape index (κ2) is 7.47. The van der Waals surface area contributed by atoms with E-state index in [1.165, 1.54) is 10.6 Å². The highest BCUT2D eigenvalue weighted by atomic mass is 32.2. The number of carbonyl (C=O) groups is 1. The van der Waals surface area contributed by atoms with Crippen molar-refractivity contribution in [3.63, 3.8) is 0 Å². The van der Waals surface area contributed by atoms with Crippen molar-refractivity contribution < 1.29 is 17.6 Å². The first-order valence-corrected chi connectivity index (χ1v) is 11.2. The summed E-state index contributed by atoms with van der Waals surface area (Å²) in [5.74, 6) is -1.08. The third-order valence-electron chi connectivity index (χ3n) is 4.48. The van der Waals surface area contributed by atoms with E-state index in [0.717, 1.165) is 16.9 Å². The van der Waals surface area contributed by atoms with Gasteiger partial charge in [-0.1, -0.05) is 17.7 Å². The van der Waals surface area contributed by atoms with Gasteiger partial charge in [-0.05, 0) is 48.7 Å². The van der Waals surface area contributed by atoms with E-state index >= 15 is 0 Å². The van der Waals surface area contributed by atoms with E-state index in [4.69, 9.17) is 4.42 Å². The van der Waals surface area contributed by atoms with Gasteiger partial charge in [-0.15, -0.1) is 11.3 Å². The Kier molecular flexibility index (Phi) is 4.96. The van der Waals surface area contributed by atoms with Crippen molar-refractivity contribution in [2.24, 2.45) is 7.05 Å². The molecule has 2 heterocycles. The molecule has 0 saturated carbocycles. The molecule has 30 heavy (non-hydrogen) atoms. The van der Waals surface area contributed by atoms with E-state index in [0.29, 0.717) is 22.5 Å². The smallest absolute Gasteiger partial charge is 0.408 e. The Morgan fingerprint density at radius 1 is 1.07 bits per heavy atom. The number of fused-ring (bicyclic) bond motifs is 1. The molecule has 0 atom stereocenters.